The third-order valence-electron chi connectivity index (χ3n) is 0. The molecular weight excluding hydrogens is 296 g/mol. The first-order chi connectivity index (χ1) is 4.00. The van der Waals surface area contributed by atoms with Crippen molar-refractivity contribution >= 4 is 18.2 Å². The van der Waals surface area contributed by atoms with E-state index in [1.165, 1.54) is 0 Å². The van der Waals surface area contributed by atoms with E-state index in [0.29, 0.717) is 0 Å². The summed E-state index contributed by atoms with van der Waals surface area (Å²) in [6.45, 7) is 0. The van der Waals surface area contributed by atoms with Crippen LogP contribution in [0.2, 0.25) is 0 Å². The standard InChI is InChI=1S/K.H3O4P.H2O4S.Zn.H/c;2*1-5(2,3)4;;/h;(H3,1,2,3,4);(H2,1,2,3,4);;/q+1;;;;-1. The fourth-order valence-electron chi connectivity index (χ4n) is 0. The van der Waals surface area contributed by atoms with Gasteiger partial charge in [0.15, 0.2) is 0 Å². The predicted octanol–water partition coefficient (Wildman–Crippen LogP) is -4.47. The SMILES string of the molecule is O=P(O)(O)O.O=S(=O)(O)O.[H-].[K+].[Zn]. The van der Waals surface area contributed by atoms with Gasteiger partial charge in [-0.1, -0.05) is 0 Å². The van der Waals surface area contributed by atoms with Gasteiger partial charge in [-0.15, -0.1) is 0 Å². The van der Waals surface area contributed by atoms with Gasteiger partial charge in [0.25, 0.3) is 0 Å². The number of phosphoric acid groups is 1. The van der Waals surface area contributed by atoms with Crippen LogP contribution in [0.4, 0.5) is 0 Å². The van der Waals surface area contributed by atoms with E-state index in [2.05, 4.69) is 0 Å². The topological polar surface area (TPSA) is 152 Å². The molecule has 0 aromatic rings. The average molecular weight is 302 g/mol. The van der Waals surface area contributed by atoms with Crippen molar-refractivity contribution in [2.24, 2.45) is 0 Å². The molecule has 0 aliphatic carbocycles. The minimum atomic E-state index is -4.67. The summed E-state index contributed by atoms with van der Waals surface area (Å²) in [5.74, 6) is 0. The van der Waals surface area contributed by atoms with Gasteiger partial charge in [-0.2, -0.15) is 8.42 Å². The van der Waals surface area contributed by atoms with E-state index in [1.807, 2.05) is 0 Å². The first kappa shape index (κ1) is 23.8. The largest absolute Gasteiger partial charge is 1.00 e. The van der Waals surface area contributed by atoms with Crippen LogP contribution in [-0.2, 0) is 34.4 Å². The Labute approximate surface area is 125 Å². The maximum atomic E-state index is 8.88. The van der Waals surface area contributed by atoms with Gasteiger partial charge in [-0.3, -0.25) is 9.11 Å². The predicted molar refractivity (Wildman–Crippen MR) is 29.6 cm³/mol. The Balaban J connectivity index is -0.0000000267. The molecule has 0 aliphatic rings. The Bertz CT molecular complexity index is 202. The third-order valence-corrected chi connectivity index (χ3v) is 0. The number of hydrogen-bond donors (Lipinski definition) is 5. The zero-order valence-electron chi connectivity index (χ0n) is 7.02. The molecule has 12 heteroatoms. The van der Waals surface area contributed by atoms with Crippen LogP contribution >= 0.6 is 7.82 Å². The van der Waals surface area contributed by atoms with Crippen LogP contribution < -0.4 is 51.4 Å². The maximum Gasteiger partial charge on any atom is 1.00 e. The van der Waals surface area contributed by atoms with Crippen LogP contribution in [-0.4, -0.2) is 32.2 Å². The van der Waals surface area contributed by atoms with Crippen molar-refractivity contribution in [1.82, 2.24) is 0 Å². The maximum absolute atomic E-state index is 8.88. The van der Waals surface area contributed by atoms with Crippen LogP contribution in [0.25, 0.3) is 0 Å². The Hall–Kier alpha value is 2.24. The van der Waals surface area contributed by atoms with Crippen LogP contribution in [0.1, 0.15) is 1.43 Å². The third kappa shape index (κ3) is 308. The van der Waals surface area contributed by atoms with E-state index in [-0.39, 0.29) is 72.3 Å². The molecule has 12 heavy (non-hydrogen) atoms. The van der Waals surface area contributed by atoms with Crippen molar-refractivity contribution in [3.63, 3.8) is 0 Å². The summed E-state index contributed by atoms with van der Waals surface area (Å²) in [4.78, 5) is 21.6. The molecule has 0 aliphatic heterocycles. The zero-order valence-corrected chi connectivity index (χ0v) is 13.8. The van der Waals surface area contributed by atoms with Crippen LogP contribution in [0.5, 0.6) is 0 Å². The molecule has 0 aromatic carbocycles. The minimum absolute atomic E-state index is 0. The monoisotopic (exact) mass is 300 g/mol. The smallest absolute Gasteiger partial charge is 1.00 e. The normalized spacial score (nSPS) is 9.75. The molecule has 0 aromatic heterocycles. The zero-order chi connectivity index (χ0) is 9.00. The average Bonchev–Trinajstić information content (AvgIpc) is 1.12. The van der Waals surface area contributed by atoms with Crippen molar-refractivity contribution in [3.8, 4) is 0 Å². The summed E-state index contributed by atoms with van der Waals surface area (Å²) in [6, 6.07) is 0. The van der Waals surface area contributed by atoms with Gasteiger partial charge in [-0.25, -0.2) is 4.57 Å². The van der Waals surface area contributed by atoms with Gasteiger partial charge in [0.05, 0.1) is 0 Å². The van der Waals surface area contributed by atoms with Gasteiger partial charge in [-0.05, 0) is 0 Å². The quantitative estimate of drug-likeness (QED) is 0.171. The summed E-state index contributed by atoms with van der Waals surface area (Å²) in [5, 5.41) is 0. The molecule has 0 saturated carbocycles. The van der Waals surface area contributed by atoms with Crippen molar-refractivity contribution in [1.29, 1.82) is 0 Å². The van der Waals surface area contributed by atoms with Crippen LogP contribution in [0, 0.1) is 0 Å². The first-order valence-corrected chi connectivity index (χ1v) is 4.44. The molecule has 5 N–H and O–H groups in total. The molecule has 0 radical (unpaired) electrons. The fourth-order valence-corrected chi connectivity index (χ4v) is 0. The van der Waals surface area contributed by atoms with E-state index in [1.54, 1.807) is 0 Å². The molecular formula is H6KO8PSZn. The molecule has 8 nitrogen and oxygen atoms in total. The molecule has 0 unspecified atom stereocenters. The van der Waals surface area contributed by atoms with Gasteiger partial charge in [0.1, 0.15) is 0 Å². The second kappa shape index (κ2) is 9.78. The second-order valence-corrected chi connectivity index (χ2v) is 2.88. The van der Waals surface area contributed by atoms with E-state index in [0.717, 1.165) is 0 Å². The van der Waals surface area contributed by atoms with Gasteiger partial charge in [0, 0.05) is 19.5 Å². The van der Waals surface area contributed by atoms with Crippen LogP contribution in [0.15, 0.2) is 0 Å². The van der Waals surface area contributed by atoms with Crippen molar-refractivity contribution in [3.05, 3.63) is 0 Å². The van der Waals surface area contributed by atoms with Gasteiger partial charge >= 0.3 is 69.6 Å². The Morgan fingerprint density at radius 2 is 1.08 bits per heavy atom. The Kier molecular flexibility index (Phi) is 19.4. The molecule has 0 saturated heterocycles. The fraction of sp³-hybridized carbons (Fsp3) is 0. The summed E-state index contributed by atoms with van der Waals surface area (Å²) in [6.07, 6.45) is 0. The number of hydrogen-bond acceptors (Lipinski definition) is 3. The van der Waals surface area contributed by atoms with E-state index in [4.69, 9.17) is 36.8 Å². The van der Waals surface area contributed by atoms with E-state index in [9.17, 15) is 0 Å². The molecule has 68 valence electrons. The molecule has 0 heterocycles. The van der Waals surface area contributed by atoms with Gasteiger partial charge in [0.2, 0.25) is 0 Å². The summed E-state index contributed by atoms with van der Waals surface area (Å²) in [7, 11) is -9.31. The molecule has 0 spiro atoms. The molecule has 0 fully saturated rings. The van der Waals surface area contributed by atoms with Crippen molar-refractivity contribution in [2.75, 3.05) is 0 Å². The second-order valence-electron chi connectivity index (χ2n) is 0.961. The molecule has 0 bridgehead atoms. The molecule has 0 atom stereocenters. The van der Waals surface area contributed by atoms with E-state index >= 15 is 0 Å². The first-order valence-electron chi connectivity index (χ1n) is 1.48. The Morgan fingerprint density at radius 3 is 1.08 bits per heavy atom. The minimum Gasteiger partial charge on any atom is -1.00 e. The molecule has 0 amide bonds. The van der Waals surface area contributed by atoms with Crippen LogP contribution in [0.3, 0.4) is 0 Å². The number of rotatable bonds is 0. The molecule has 0 rings (SSSR count). The summed E-state index contributed by atoms with van der Waals surface area (Å²) < 4.78 is 40.5. The summed E-state index contributed by atoms with van der Waals surface area (Å²) in [5.41, 5.74) is 0. The van der Waals surface area contributed by atoms with Crippen molar-refractivity contribution in [2.45, 2.75) is 0 Å². The summed E-state index contributed by atoms with van der Waals surface area (Å²) >= 11 is 0. The van der Waals surface area contributed by atoms with Crippen molar-refractivity contribution < 1.29 is 109 Å². The van der Waals surface area contributed by atoms with Gasteiger partial charge < -0.3 is 16.1 Å². The van der Waals surface area contributed by atoms with E-state index < -0.39 is 18.2 Å². The Morgan fingerprint density at radius 1 is 1.08 bits per heavy atom.